The van der Waals surface area contributed by atoms with Crippen molar-refractivity contribution in [2.45, 2.75) is 42.9 Å². The van der Waals surface area contributed by atoms with Crippen LogP contribution in [0.25, 0.3) is 5.78 Å². The van der Waals surface area contributed by atoms with Crippen molar-refractivity contribution in [1.82, 2.24) is 28.9 Å². The number of nitrogens with zero attached hydrogens (tertiary/aromatic N) is 7. The van der Waals surface area contributed by atoms with Gasteiger partial charge in [0.2, 0.25) is 4.80 Å². The summed E-state index contributed by atoms with van der Waals surface area (Å²) in [6, 6.07) is 7.25. The lowest BCUT2D eigenvalue weighted by Gasteiger charge is -2.15. The third-order valence-corrected chi connectivity index (χ3v) is 9.90. The van der Waals surface area contributed by atoms with E-state index in [0.717, 1.165) is 64.7 Å². The van der Waals surface area contributed by atoms with Gasteiger partial charge in [-0.25, -0.2) is 32.3 Å². The van der Waals surface area contributed by atoms with Gasteiger partial charge in [-0.05, 0) is 61.4 Å². The normalized spacial score (nSPS) is 13.2. The number of methoxy groups -OCH3 is 1. The molecule has 13 nitrogen and oxygen atoms in total. The second-order valence-corrected chi connectivity index (χ2v) is 13.6. The molecule has 2 aromatic carbocycles. The molecular formula is C27H24ClF3N8O5S3. The minimum Gasteiger partial charge on any atom is -0.468 e. The Morgan fingerprint density at radius 2 is 1.81 bits per heavy atom. The predicted octanol–water partition coefficient (Wildman–Crippen LogP) is 4.31. The first kappa shape index (κ1) is 34.1. The van der Waals surface area contributed by atoms with Gasteiger partial charge in [-0.15, -0.1) is 16.9 Å². The minimum atomic E-state index is -4.35. The Morgan fingerprint density at radius 1 is 1.11 bits per heavy atom. The Hall–Kier alpha value is -4.20. The number of carbonyl (C=O) groups is 1. The number of thioether (sulfide) groups is 1. The highest BCUT2D eigenvalue weighted by Crippen LogP contribution is 2.33. The molecule has 1 N–H and O–H groups in total. The molecule has 3 aromatic heterocycles. The molecule has 47 heavy (non-hydrogen) atoms. The number of carbonyl (C=O) groups excluding carboxylic acids is 1. The van der Waals surface area contributed by atoms with Crippen LogP contribution in [0.1, 0.15) is 18.5 Å². The molecule has 6 rings (SSSR count). The molecule has 0 aliphatic carbocycles. The summed E-state index contributed by atoms with van der Waals surface area (Å²) in [6.07, 6.45) is 3.37. The maximum atomic E-state index is 14.3. The van der Waals surface area contributed by atoms with Crippen molar-refractivity contribution in [3.05, 3.63) is 85.2 Å². The summed E-state index contributed by atoms with van der Waals surface area (Å²) in [5.74, 6) is -2.94. The van der Waals surface area contributed by atoms with Gasteiger partial charge in [-0.1, -0.05) is 17.7 Å². The molecule has 248 valence electrons. The van der Waals surface area contributed by atoms with Gasteiger partial charge in [-0.2, -0.15) is 13.4 Å². The number of para-hydroxylation sites is 1. The molecule has 0 atom stereocenters. The first-order chi connectivity index (χ1) is 22.4. The number of hydrogen-bond acceptors (Lipinski definition) is 11. The third-order valence-electron chi connectivity index (χ3n) is 6.45. The van der Waals surface area contributed by atoms with Gasteiger partial charge in [0.25, 0.3) is 21.0 Å². The van der Waals surface area contributed by atoms with Crippen LogP contribution in [0.5, 0.6) is 0 Å². The molecule has 0 amide bonds. The number of esters is 1. The summed E-state index contributed by atoms with van der Waals surface area (Å²) in [5.41, 5.74) is -0.0815. The zero-order valence-corrected chi connectivity index (χ0v) is 27.7. The van der Waals surface area contributed by atoms with Gasteiger partial charge >= 0.3 is 10.8 Å². The Bertz CT molecular complexity index is 2200. The van der Waals surface area contributed by atoms with Crippen molar-refractivity contribution in [3.8, 4) is 0 Å². The van der Waals surface area contributed by atoms with Crippen molar-refractivity contribution >= 4 is 67.8 Å². The van der Waals surface area contributed by atoms with Gasteiger partial charge < -0.3 is 4.74 Å². The average Bonchev–Trinajstić information content (AvgIpc) is 3.61. The molecule has 0 spiro atoms. The van der Waals surface area contributed by atoms with Crippen molar-refractivity contribution in [1.29, 1.82) is 0 Å². The van der Waals surface area contributed by atoms with Crippen LogP contribution in [0.3, 0.4) is 0 Å². The molecule has 0 saturated carbocycles. The van der Waals surface area contributed by atoms with Gasteiger partial charge in [0, 0.05) is 29.9 Å². The summed E-state index contributed by atoms with van der Waals surface area (Å²) in [4.78, 5) is 36.2. The molecule has 0 radical (unpaired) electrons. The standard InChI is InChI=1S/C15H15ClFN3O3S2.C12H9F2N5O2S/c1-23-13(21)8-24-12-7-11(10(17)6-9(12)16)18-14-19-4-2-3-5-20(19)15(22)25-14;1-7-5-6-19-11(15-7)16-12(17-19)22(20,21)18-10-8(13)3-2-4-9(10)14/h6-7H,2-5,8H2,1H3;2-6,18H,1H3/b18-14-;. The number of anilines is 1. The SMILES string of the molecule is COC(=O)CSc1cc(/N=c2\sc(=O)n3n2CCCC3)c(F)cc1Cl.Cc1ccn2nc(S(=O)(=O)Nc3c(F)cccc3F)nc2n1. The number of halogens is 4. The highest BCUT2D eigenvalue weighted by molar-refractivity contribution is 8.00. The summed E-state index contributed by atoms with van der Waals surface area (Å²) in [7, 11) is -3.05. The molecule has 0 unspecified atom stereocenters. The van der Waals surface area contributed by atoms with E-state index in [2.05, 4.69) is 24.8 Å². The van der Waals surface area contributed by atoms with Gasteiger partial charge in [0.15, 0.2) is 0 Å². The van der Waals surface area contributed by atoms with Crippen molar-refractivity contribution in [2.24, 2.45) is 4.99 Å². The van der Waals surface area contributed by atoms with E-state index in [1.54, 1.807) is 27.1 Å². The molecule has 4 heterocycles. The largest absolute Gasteiger partial charge is 0.468 e. The van der Waals surface area contributed by atoms with E-state index in [4.69, 9.17) is 11.6 Å². The zero-order valence-electron chi connectivity index (χ0n) is 24.5. The van der Waals surface area contributed by atoms with Crippen molar-refractivity contribution < 1.29 is 31.1 Å². The second kappa shape index (κ2) is 14.3. The van der Waals surface area contributed by atoms with Crippen LogP contribution in [0, 0.1) is 24.4 Å². The zero-order chi connectivity index (χ0) is 33.9. The first-order valence-electron chi connectivity index (χ1n) is 13.6. The number of ether oxygens (including phenoxy) is 1. The first-order valence-corrected chi connectivity index (χ1v) is 17.2. The molecule has 1 aliphatic rings. The molecular weight excluding hydrogens is 705 g/mol. The van der Waals surface area contributed by atoms with Crippen LogP contribution < -0.4 is 14.4 Å². The van der Waals surface area contributed by atoms with Gasteiger partial charge in [0.05, 0.1) is 17.9 Å². The Morgan fingerprint density at radius 3 is 2.51 bits per heavy atom. The topological polar surface area (TPSA) is 155 Å². The summed E-state index contributed by atoms with van der Waals surface area (Å²) in [6.45, 7) is 3.03. The number of hydrogen-bond donors (Lipinski definition) is 1. The molecule has 0 saturated heterocycles. The lowest BCUT2D eigenvalue weighted by atomic mass is 10.3. The number of aromatic nitrogens is 6. The number of sulfonamides is 1. The van der Waals surface area contributed by atoms with Crippen LogP contribution in [0.2, 0.25) is 5.02 Å². The smallest absolute Gasteiger partial charge is 0.325 e. The summed E-state index contributed by atoms with van der Waals surface area (Å²) >= 11 is 8.17. The van der Waals surface area contributed by atoms with E-state index in [0.29, 0.717) is 28.5 Å². The van der Waals surface area contributed by atoms with E-state index in [-0.39, 0.29) is 27.1 Å². The number of rotatable bonds is 7. The van der Waals surface area contributed by atoms with Gasteiger partial charge in [-0.3, -0.25) is 19.0 Å². The molecule has 1 aliphatic heterocycles. The number of fused-ring (bicyclic) bond motifs is 2. The van der Waals surface area contributed by atoms with Crippen LogP contribution in [0.4, 0.5) is 24.5 Å². The van der Waals surface area contributed by atoms with Crippen LogP contribution in [0.15, 0.2) is 62.4 Å². The number of benzene rings is 2. The maximum absolute atomic E-state index is 14.3. The fourth-order valence-electron chi connectivity index (χ4n) is 4.17. The molecule has 5 aromatic rings. The minimum absolute atomic E-state index is 0.0605. The number of aryl methyl sites for hydroxylation is 1. The Kier molecular flexibility index (Phi) is 10.4. The summed E-state index contributed by atoms with van der Waals surface area (Å²) < 4.78 is 76.6. The third kappa shape index (κ3) is 7.86. The fraction of sp³-hybridized carbons (Fsp3) is 0.259. The quantitative estimate of drug-likeness (QED) is 0.191. The van der Waals surface area contributed by atoms with E-state index >= 15 is 0 Å². The molecule has 0 bridgehead atoms. The van der Waals surface area contributed by atoms with Crippen LogP contribution >= 0.6 is 34.7 Å². The highest BCUT2D eigenvalue weighted by atomic mass is 35.5. The fourth-order valence-corrected chi connectivity index (χ4v) is 7.11. The van der Waals surface area contributed by atoms with Crippen molar-refractivity contribution in [2.75, 3.05) is 17.6 Å². The van der Waals surface area contributed by atoms with E-state index in [1.807, 2.05) is 0 Å². The van der Waals surface area contributed by atoms with E-state index in [1.165, 1.54) is 19.4 Å². The van der Waals surface area contributed by atoms with Gasteiger partial charge in [0.1, 0.15) is 28.8 Å². The van der Waals surface area contributed by atoms with E-state index in [9.17, 15) is 31.2 Å². The Labute approximate surface area is 277 Å². The second-order valence-electron chi connectivity index (χ2n) is 9.72. The van der Waals surface area contributed by atoms with Crippen molar-refractivity contribution in [3.63, 3.8) is 0 Å². The lowest BCUT2D eigenvalue weighted by Crippen LogP contribution is -2.31. The average molecular weight is 729 g/mol. The Balaban J connectivity index is 0.000000186. The maximum Gasteiger partial charge on any atom is 0.325 e. The predicted molar refractivity (Wildman–Crippen MR) is 168 cm³/mol. The van der Waals surface area contributed by atoms with E-state index < -0.39 is 44.3 Å². The summed E-state index contributed by atoms with van der Waals surface area (Å²) in [5, 5.41) is 3.30. The van der Waals surface area contributed by atoms with Crippen LogP contribution in [-0.2, 0) is 32.6 Å². The highest BCUT2D eigenvalue weighted by Gasteiger charge is 2.24. The monoisotopic (exact) mass is 728 g/mol. The molecule has 0 fully saturated rings. The molecule has 20 heteroatoms. The lowest BCUT2D eigenvalue weighted by molar-refractivity contribution is -0.137. The van der Waals surface area contributed by atoms with Crippen LogP contribution in [-0.4, -0.2) is 56.2 Å². The number of nitrogens with one attached hydrogen (secondary N) is 1.